The zero-order valence-electron chi connectivity index (χ0n) is 23.4. The standard InChI is InChI=1S/C33H41F2NO4/c1-2-3-4-5-6-9-12-24-16-22-31(37)28(24)13-10-7-8-11-14-32(38)40-27-19-17-26(18-20-27)36-33(39)25-15-21-29(34)30(35)23-25/h9,12,15,17-21,23-24,28H,2-8,10-11,13-14,16,22H2,1H3,(H,36,39)/b12-9+/t24-,28+/m0/s1. The lowest BCUT2D eigenvalue weighted by Crippen LogP contribution is -2.13. The highest BCUT2D eigenvalue weighted by molar-refractivity contribution is 6.04. The van der Waals surface area contributed by atoms with Crippen molar-refractivity contribution in [1.29, 1.82) is 0 Å². The first-order chi connectivity index (χ1) is 19.4. The van der Waals surface area contributed by atoms with E-state index in [0.717, 1.165) is 57.1 Å². The minimum atomic E-state index is -1.09. The molecule has 7 heteroatoms. The molecule has 0 bridgehead atoms. The van der Waals surface area contributed by atoms with Crippen molar-refractivity contribution in [3.8, 4) is 5.75 Å². The van der Waals surface area contributed by atoms with Crippen molar-refractivity contribution in [2.45, 2.75) is 90.4 Å². The van der Waals surface area contributed by atoms with Gasteiger partial charge in [0.05, 0.1) is 0 Å². The van der Waals surface area contributed by atoms with E-state index in [1.165, 1.54) is 31.7 Å². The van der Waals surface area contributed by atoms with Gasteiger partial charge in [0, 0.05) is 30.0 Å². The van der Waals surface area contributed by atoms with E-state index in [1.54, 1.807) is 24.3 Å². The number of Topliss-reactive ketones (excluding diaryl/α,β-unsaturated/α-hetero) is 1. The van der Waals surface area contributed by atoms with Crippen LogP contribution in [0.5, 0.6) is 5.75 Å². The molecule has 40 heavy (non-hydrogen) atoms. The van der Waals surface area contributed by atoms with Gasteiger partial charge in [-0.25, -0.2) is 8.78 Å². The summed E-state index contributed by atoms with van der Waals surface area (Å²) in [5.74, 6) is -1.71. The molecule has 1 amide bonds. The zero-order valence-corrected chi connectivity index (χ0v) is 23.4. The molecule has 0 radical (unpaired) electrons. The summed E-state index contributed by atoms with van der Waals surface area (Å²) in [5.41, 5.74) is 0.425. The molecule has 0 aromatic heterocycles. The molecule has 2 atom stereocenters. The molecule has 0 heterocycles. The van der Waals surface area contributed by atoms with Crippen molar-refractivity contribution in [3.63, 3.8) is 0 Å². The van der Waals surface area contributed by atoms with E-state index in [9.17, 15) is 23.2 Å². The van der Waals surface area contributed by atoms with Crippen LogP contribution in [0.1, 0.15) is 101 Å². The van der Waals surface area contributed by atoms with Crippen molar-refractivity contribution in [1.82, 2.24) is 0 Å². The minimum absolute atomic E-state index is 0.00549. The second kappa shape index (κ2) is 16.7. The van der Waals surface area contributed by atoms with E-state index in [4.69, 9.17) is 4.74 Å². The Morgan fingerprint density at radius 1 is 0.950 bits per heavy atom. The Kier molecular flexibility index (Phi) is 13.0. The number of allylic oxidation sites excluding steroid dienone is 2. The van der Waals surface area contributed by atoms with Crippen LogP contribution in [0.25, 0.3) is 0 Å². The molecule has 0 unspecified atom stereocenters. The number of amides is 1. The SMILES string of the molecule is CCCCCC/C=C/[C@H]1CCC(=O)[C@@H]1CCCCCCC(=O)Oc1ccc(NC(=O)c2ccc(F)c(F)c2)cc1. The average molecular weight is 554 g/mol. The summed E-state index contributed by atoms with van der Waals surface area (Å²) in [6.45, 7) is 2.22. The van der Waals surface area contributed by atoms with Gasteiger partial charge >= 0.3 is 5.97 Å². The van der Waals surface area contributed by atoms with Crippen molar-refractivity contribution in [2.75, 3.05) is 5.32 Å². The highest BCUT2D eigenvalue weighted by Gasteiger charge is 2.32. The number of benzene rings is 2. The third-order valence-corrected chi connectivity index (χ3v) is 7.43. The lowest BCUT2D eigenvalue weighted by atomic mass is 9.89. The Hall–Kier alpha value is -3.35. The van der Waals surface area contributed by atoms with Crippen LogP contribution in [0, 0.1) is 23.5 Å². The molecule has 1 fully saturated rings. The molecule has 3 rings (SSSR count). The van der Waals surface area contributed by atoms with Gasteiger partial charge in [-0.05, 0) is 80.5 Å². The Morgan fingerprint density at radius 3 is 2.45 bits per heavy atom. The molecule has 5 nitrogen and oxygen atoms in total. The summed E-state index contributed by atoms with van der Waals surface area (Å²) in [6, 6.07) is 9.19. The van der Waals surface area contributed by atoms with Crippen LogP contribution in [0.2, 0.25) is 0 Å². The van der Waals surface area contributed by atoms with Crippen molar-refractivity contribution >= 4 is 23.3 Å². The van der Waals surface area contributed by atoms with Crippen LogP contribution in [-0.4, -0.2) is 17.7 Å². The average Bonchev–Trinajstić information content (AvgIpc) is 3.29. The number of hydrogen-bond acceptors (Lipinski definition) is 4. The number of halogens is 2. The number of ketones is 1. The van der Waals surface area contributed by atoms with Crippen molar-refractivity contribution < 1.29 is 27.9 Å². The van der Waals surface area contributed by atoms with E-state index in [2.05, 4.69) is 24.4 Å². The predicted octanol–water partition coefficient (Wildman–Crippen LogP) is 8.59. The molecular weight excluding hydrogens is 512 g/mol. The fraction of sp³-hybridized carbons (Fsp3) is 0.485. The van der Waals surface area contributed by atoms with Crippen molar-refractivity contribution in [3.05, 3.63) is 71.8 Å². The smallest absolute Gasteiger partial charge is 0.311 e. The molecule has 1 saturated carbocycles. The summed E-state index contributed by atoms with van der Waals surface area (Å²) in [6.07, 6.45) is 17.2. The van der Waals surface area contributed by atoms with E-state index < -0.39 is 17.5 Å². The van der Waals surface area contributed by atoms with E-state index in [0.29, 0.717) is 36.0 Å². The summed E-state index contributed by atoms with van der Waals surface area (Å²) in [4.78, 5) is 36.8. The van der Waals surface area contributed by atoms with Gasteiger partial charge in [0.2, 0.25) is 0 Å². The van der Waals surface area contributed by atoms with Crippen LogP contribution in [-0.2, 0) is 9.59 Å². The first-order valence-corrected chi connectivity index (χ1v) is 14.6. The first kappa shape index (κ1) is 31.2. The maximum absolute atomic E-state index is 13.4. The van der Waals surface area contributed by atoms with Gasteiger partial charge in [-0.3, -0.25) is 14.4 Å². The second-order valence-corrected chi connectivity index (χ2v) is 10.6. The van der Waals surface area contributed by atoms with Crippen LogP contribution in [0.4, 0.5) is 14.5 Å². The highest BCUT2D eigenvalue weighted by Crippen LogP contribution is 2.34. The maximum Gasteiger partial charge on any atom is 0.311 e. The van der Waals surface area contributed by atoms with Crippen molar-refractivity contribution in [2.24, 2.45) is 11.8 Å². The third kappa shape index (κ3) is 10.3. The first-order valence-electron chi connectivity index (χ1n) is 14.6. The molecule has 1 N–H and O–H groups in total. The number of carbonyl (C=O) groups excluding carboxylic acids is 3. The highest BCUT2D eigenvalue weighted by atomic mass is 19.2. The van der Waals surface area contributed by atoms with Gasteiger partial charge in [0.15, 0.2) is 11.6 Å². The summed E-state index contributed by atoms with van der Waals surface area (Å²) in [5, 5.41) is 2.59. The summed E-state index contributed by atoms with van der Waals surface area (Å²) >= 11 is 0. The lowest BCUT2D eigenvalue weighted by Gasteiger charge is -2.14. The number of anilines is 1. The molecule has 216 valence electrons. The largest absolute Gasteiger partial charge is 0.427 e. The fourth-order valence-corrected chi connectivity index (χ4v) is 5.12. The van der Waals surface area contributed by atoms with E-state index in [-0.39, 0.29) is 17.5 Å². The minimum Gasteiger partial charge on any atom is -0.427 e. The van der Waals surface area contributed by atoms with Gasteiger partial charge in [-0.15, -0.1) is 0 Å². The molecule has 0 spiro atoms. The van der Waals surface area contributed by atoms with Gasteiger partial charge in [0.1, 0.15) is 11.5 Å². The maximum atomic E-state index is 13.4. The number of ether oxygens (including phenoxy) is 1. The lowest BCUT2D eigenvalue weighted by molar-refractivity contribution is -0.134. The third-order valence-electron chi connectivity index (χ3n) is 7.43. The van der Waals surface area contributed by atoms with E-state index >= 15 is 0 Å². The molecule has 0 aliphatic heterocycles. The molecule has 1 aliphatic rings. The van der Waals surface area contributed by atoms with Crippen LogP contribution in [0.15, 0.2) is 54.6 Å². The van der Waals surface area contributed by atoms with Crippen LogP contribution < -0.4 is 10.1 Å². The van der Waals surface area contributed by atoms with Gasteiger partial charge in [0.25, 0.3) is 5.91 Å². The quantitative estimate of drug-likeness (QED) is 0.0978. The number of rotatable bonds is 16. The summed E-state index contributed by atoms with van der Waals surface area (Å²) < 4.78 is 31.8. The topological polar surface area (TPSA) is 72.5 Å². The Labute approximate surface area is 236 Å². The molecule has 2 aromatic carbocycles. The molecule has 1 aliphatic carbocycles. The van der Waals surface area contributed by atoms with Crippen LogP contribution in [0.3, 0.4) is 0 Å². The molecule has 0 saturated heterocycles. The number of nitrogens with one attached hydrogen (secondary N) is 1. The number of esters is 1. The monoisotopic (exact) mass is 553 g/mol. The normalized spacial score (nSPS) is 16.9. The molecule has 2 aromatic rings. The number of hydrogen-bond donors (Lipinski definition) is 1. The Morgan fingerprint density at radius 2 is 1.70 bits per heavy atom. The zero-order chi connectivity index (χ0) is 28.7. The predicted molar refractivity (Wildman–Crippen MR) is 153 cm³/mol. The van der Waals surface area contributed by atoms with Gasteiger partial charge in [-0.1, -0.05) is 57.6 Å². The molecular formula is C33H41F2NO4. The number of carbonyl (C=O) groups is 3. The van der Waals surface area contributed by atoms with Gasteiger partial charge < -0.3 is 10.1 Å². The fourth-order valence-electron chi connectivity index (χ4n) is 5.12. The number of unbranched alkanes of at least 4 members (excludes halogenated alkanes) is 7. The van der Waals surface area contributed by atoms with E-state index in [1.807, 2.05) is 0 Å². The Bertz CT molecular complexity index is 1150. The Balaban J connectivity index is 1.30. The summed E-state index contributed by atoms with van der Waals surface area (Å²) in [7, 11) is 0. The van der Waals surface area contributed by atoms with Gasteiger partial charge in [-0.2, -0.15) is 0 Å². The second-order valence-electron chi connectivity index (χ2n) is 10.6. The van der Waals surface area contributed by atoms with Crippen LogP contribution >= 0.6 is 0 Å².